The number of hydrogen-bond donors (Lipinski definition) is 3. The quantitative estimate of drug-likeness (QED) is 0.299. The molecule has 3 rings (SSSR count). The van der Waals surface area contributed by atoms with E-state index in [9.17, 15) is 15.3 Å². The number of rotatable bonds is 5. The first-order valence-electron chi connectivity index (χ1n) is 14.6. The maximum Gasteiger partial charge on any atom is 0.119 e. The second-order valence-electron chi connectivity index (χ2n) is 15.1. The van der Waals surface area contributed by atoms with E-state index < -0.39 is 0 Å². The molecule has 40 heavy (non-hydrogen) atoms. The van der Waals surface area contributed by atoms with Crippen LogP contribution in [0.25, 0.3) is 0 Å². The number of hydrogen-bond acceptors (Lipinski definition) is 3. The number of aromatic hydroxyl groups is 3. The van der Waals surface area contributed by atoms with Gasteiger partial charge in [0.15, 0.2) is 0 Å². The van der Waals surface area contributed by atoms with Crippen molar-refractivity contribution in [1.29, 1.82) is 0 Å². The van der Waals surface area contributed by atoms with Crippen molar-refractivity contribution in [3.8, 4) is 17.2 Å². The van der Waals surface area contributed by atoms with E-state index >= 15 is 0 Å². The minimum Gasteiger partial charge on any atom is -0.508 e. The van der Waals surface area contributed by atoms with Crippen LogP contribution in [0.15, 0.2) is 36.4 Å². The van der Waals surface area contributed by atoms with Crippen molar-refractivity contribution in [2.45, 2.75) is 125 Å². The summed E-state index contributed by atoms with van der Waals surface area (Å²) in [6.45, 7) is 27.8. The highest BCUT2D eigenvalue weighted by Gasteiger charge is 2.30. The van der Waals surface area contributed by atoms with Crippen molar-refractivity contribution in [2.24, 2.45) is 0 Å². The van der Waals surface area contributed by atoms with E-state index in [2.05, 4.69) is 108 Å². The average Bonchev–Trinajstić information content (AvgIpc) is 2.76. The molecule has 0 saturated heterocycles. The lowest BCUT2D eigenvalue weighted by Crippen LogP contribution is -2.19. The van der Waals surface area contributed by atoms with Gasteiger partial charge in [0.05, 0.1) is 0 Å². The Morgan fingerprint density at radius 1 is 0.525 bits per heavy atom. The van der Waals surface area contributed by atoms with Gasteiger partial charge in [-0.3, -0.25) is 0 Å². The number of benzene rings is 3. The lowest BCUT2D eigenvalue weighted by molar-refractivity contribution is 0.441. The van der Waals surface area contributed by atoms with Gasteiger partial charge < -0.3 is 15.3 Å². The first kappa shape index (κ1) is 31.6. The van der Waals surface area contributed by atoms with Crippen LogP contribution in [0.5, 0.6) is 17.2 Å². The highest BCUT2D eigenvalue weighted by Crippen LogP contribution is 2.45. The molecule has 0 aliphatic heterocycles. The minimum absolute atomic E-state index is 0.105. The normalized spacial score (nSPS) is 14.3. The molecule has 0 amide bonds. The highest BCUT2D eigenvalue weighted by atomic mass is 16.3. The molecule has 0 fully saturated rings. The van der Waals surface area contributed by atoms with Crippen LogP contribution in [0.1, 0.15) is 131 Å². The van der Waals surface area contributed by atoms with Crippen LogP contribution < -0.4 is 0 Å². The van der Waals surface area contributed by atoms with Gasteiger partial charge in [-0.25, -0.2) is 0 Å². The Hall–Kier alpha value is -2.94. The lowest BCUT2D eigenvalue weighted by Gasteiger charge is -2.32. The van der Waals surface area contributed by atoms with Crippen LogP contribution in [0, 0.1) is 20.8 Å². The average molecular weight is 545 g/mol. The molecule has 218 valence electrons. The number of aryl methyl sites for hydroxylation is 3. The van der Waals surface area contributed by atoms with Crippen LogP contribution in [-0.4, -0.2) is 15.3 Å². The summed E-state index contributed by atoms with van der Waals surface area (Å²) in [6, 6.07) is 12.3. The third kappa shape index (κ3) is 6.51. The predicted octanol–water partition coefficient (Wildman–Crippen LogP) is 9.75. The van der Waals surface area contributed by atoms with E-state index in [1.807, 2.05) is 18.2 Å². The fourth-order valence-electron chi connectivity index (χ4n) is 6.08. The number of phenolic OH excluding ortho intramolecular Hbond substituents is 3. The molecule has 0 heterocycles. The van der Waals surface area contributed by atoms with Gasteiger partial charge in [-0.2, -0.15) is 0 Å². The molecule has 0 spiro atoms. The zero-order valence-electron chi connectivity index (χ0n) is 27.2. The largest absolute Gasteiger partial charge is 0.508 e. The van der Waals surface area contributed by atoms with Crippen molar-refractivity contribution >= 4 is 0 Å². The summed E-state index contributed by atoms with van der Waals surface area (Å²) >= 11 is 0. The summed E-state index contributed by atoms with van der Waals surface area (Å²) in [7, 11) is 0. The van der Waals surface area contributed by atoms with Gasteiger partial charge in [0, 0.05) is 0 Å². The van der Waals surface area contributed by atoms with Gasteiger partial charge in [0.1, 0.15) is 17.2 Å². The molecular weight excluding hydrogens is 492 g/mol. The van der Waals surface area contributed by atoms with Crippen molar-refractivity contribution < 1.29 is 15.3 Å². The Bertz CT molecular complexity index is 1390. The maximum absolute atomic E-state index is 10.9. The zero-order valence-corrected chi connectivity index (χ0v) is 27.2. The van der Waals surface area contributed by atoms with Gasteiger partial charge in [-0.1, -0.05) is 87.4 Å². The molecule has 0 radical (unpaired) electrons. The van der Waals surface area contributed by atoms with Crippen LogP contribution in [0.4, 0.5) is 0 Å². The van der Waals surface area contributed by atoms with Crippen LogP contribution in [0.3, 0.4) is 0 Å². The predicted molar refractivity (Wildman–Crippen MR) is 169 cm³/mol. The van der Waals surface area contributed by atoms with Gasteiger partial charge in [0.2, 0.25) is 0 Å². The molecular formula is C37H52O3. The number of phenols is 3. The van der Waals surface area contributed by atoms with E-state index in [0.717, 1.165) is 39.8 Å². The van der Waals surface area contributed by atoms with E-state index in [1.165, 1.54) is 16.7 Å². The van der Waals surface area contributed by atoms with E-state index in [1.54, 1.807) is 0 Å². The van der Waals surface area contributed by atoms with Crippen LogP contribution >= 0.6 is 0 Å². The minimum atomic E-state index is -0.206. The fraction of sp³-hybridized carbons (Fsp3) is 0.514. The monoisotopic (exact) mass is 544 g/mol. The molecule has 3 aromatic carbocycles. The first-order chi connectivity index (χ1) is 18.1. The Morgan fingerprint density at radius 3 is 1.30 bits per heavy atom. The Labute approximate surface area is 243 Å². The molecule has 2 atom stereocenters. The molecule has 0 unspecified atom stereocenters. The third-order valence-electron chi connectivity index (χ3n) is 8.58. The molecule has 3 heteroatoms. The molecule has 0 aliphatic carbocycles. The van der Waals surface area contributed by atoms with E-state index in [-0.39, 0.29) is 28.1 Å². The maximum atomic E-state index is 10.9. The van der Waals surface area contributed by atoms with Crippen LogP contribution in [0.2, 0.25) is 0 Å². The third-order valence-corrected chi connectivity index (χ3v) is 8.58. The highest BCUT2D eigenvalue weighted by molar-refractivity contribution is 5.51. The summed E-state index contributed by atoms with van der Waals surface area (Å²) < 4.78 is 0. The second kappa shape index (κ2) is 10.8. The van der Waals surface area contributed by atoms with E-state index in [0.29, 0.717) is 17.2 Å². The summed E-state index contributed by atoms with van der Waals surface area (Å²) in [5.41, 5.74) is 9.17. The summed E-state index contributed by atoms with van der Waals surface area (Å²) in [4.78, 5) is 0. The molecule has 0 aromatic heterocycles. The van der Waals surface area contributed by atoms with Crippen molar-refractivity contribution in [1.82, 2.24) is 0 Å². The van der Waals surface area contributed by atoms with Crippen molar-refractivity contribution in [3.05, 3.63) is 86.5 Å². The molecule has 3 aromatic rings. The fourth-order valence-corrected chi connectivity index (χ4v) is 6.08. The van der Waals surface area contributed by atoms with E-state index in [4.69, 9.17) is 0 Å². The molecule has 3 N–H and O–H groups in total. The summed E-state index contributed by atoms with van der Waals surface area (Å²) in [5.74, 6) is 1.26. The van der Waals surface area contributed by atoms with Gasteiger partial charge in [-0.05, 0) is 124 Å². The molecule has 0 saturated carbocycles. The summed E-state index contributed by atoms with van der Waals surface area (Å²) in [6.07, 6.45) is 0.788. The van der Waals surface area contributed by atoms with Gasteiger partial charge in [-0.15, -0.1) is 0 Å². The van der Waals surface area contributed by atoms with Gasteiger partial charge >= 0.3 is 0 Å². The standard InChI is InChI=1S/C37H52O3/c1-21-14-32(38)29(35(5,6)7)18-25(21)17-28(27-20-31(37(11,12)13)34(40)16-23(27)3)24(4)26-19-30(36(8,9)10)33(39)15-22(26)2/h14-16,18-20,24,28,38-40H,17H2,1-13H3/t24-,28+/m0/s1. The first-order valence-corrected chi connectivity index (χ1v) is 14.6. The topological polar surface area (TPSA) is 60.7 Å². The SMILES string of the molecule is Cc1cc(O)c(C(C)(C)C)cc1C[C@@H](c1cc(C(C)(C)C)c(O)cc1C)[C@@H](C)c1cc(C(C)(C)C)c(O)cc1C. The Balaban J connectivity index is 2.31. The van der Waals surface area contributed by atoms with Gasteiger partial charge in [0.25, 0.3) is 0 Å². The smallest absolute Gasteiger partial charge is 0.119 e. The molecule has 0 aliphatic rings. The molecule has 3 nitrogen and oxygen atoms in total. The van der Waals surface area contributed by atoms with Crippen molar-refractivity contribution in [2.75, 3.05) is 0 Å². The van der Waals surface area contributed by atoms with Crippen LogP contribution in [-0.2, 0) is 22.7 Å². The zero-order chi connectivity index (χ0) is 30.5. The second-order valence-corrected chi connectivity index (χ2v) is 15.1. The van der Waals surface area contributed by atoms with Crippen molar-refractivity contribution in [3.63, 3.8) is 0 Å². The Morgan fingerprint density at radius 2 is 0.875 bits per heavy atom. The Kier molecular flexibility index (Phi) is 8.53. The lowest BCUT2D eigenvalue weighted by atomic mass is 9.72. The summed E-state index contributed by atoms with van der Waals surface area (Å²) in [5, 5.41) is 32.6. The molecule has 0 bridgehead atoms.